The first-order chi connectivity index (χ1) is 8.54. The monoisotopic (exact) mass is 307 g/mol. The molecule has 0 atom stereocenters. The molecule has 18 heavy (non-hydrogen) atoms. The largest absolute Gasteiger partial charge is 0.381 e. The lowest BCUT2D eigenvalue weighted by atomic mass is 10.1. The molecule has 2 aromatic carbocycles. The summed E-state index contributed by atoms with van der Waals surface area (Å²) in [5, 5.41) is 3.30. The van der Waals surface area contributed by atoms with Crippen LogP contribution in [0, 0.1) is 19.7 Å². The van der Waals surface area contributed by atoms with Gasteiger partial charge in [-0.05, 0) is 60.9 Å². The lowest BCUT2D eigenvalue weighted by Gasteiger charge is -2.09. The molecule has 1 N–H and O–H groups in total. The lowest BCUT2D eigenvalue weighted by Crippen LogP contribution is -2.00. The van der Waals surface area contributed by atoms with E-state index in [1.165, 1.54) is 17.2 Å². The summed E-state index contributed by atoms with van der Waals surface area (Å²) in [6.45, 7) is 4.78. The summed E-state index contributed by atoms with van der Waals surface area (Å²) < 4.78 is 14.0. The lowest BCUT2D eigenvalue weighted by molar-refractivity contribution is 0.625. The van der Waals surface area contributed by atoms with Crippen molar-refractivity contribution in [3.8, 4) is 0 Å². The highest BCUT2D eigenvalue weighted by Gasteiger charge is 2.00. The minimum Gasteiger partial charge on any atom is -0.381 e. The molecule has 0 fully saturated rings. The summed E-state index contributed by atoms with van der Waals surface area (Å²) in [4.78, 5) is 0. The predicted molar refractivity (Wildman–Crippen MR) is 77.3 cm³/mol. The van der Waals surface area contributed by atoms with Crippen molar-refractivity contribution in [1.29, 1.82) is 0 Å². The molecule has 0 heterocycles. The Morgan fingerprint density at radius 2 is 1.83 bits per heavy atom. The summed E-state index contributed by atoms with van der Waals surface area (Å²) in [5.74, 6) is -0.221. The van der Waals surface area contributed by atoms with E-state index in [0.717, 1.165) is 15.7 Å². The van der Waals surface area contributed by atoms with Gasteiger partial charge < -0.3 is 5.32 Å². The average molecular weight is 308 g/mol. The SMILES string of the molecule is Cc1ccc(NCc2cc(F)cc(Br)c2)cc1C. The van der Waals surface area contributed by atoms with Crippen molar-refractivity contribution < 1.29 is 4.39 Å². The van der Waals surface area contributed by atoms with Gasteiger partial charge in [0.15, 0.2) is 0 Å². The molecule has 0 aliphatic heterocycles. The van der Waals surface area contributed by atoms with Gasteiger partial charge in [-0.3, -0.25) is 0 Å². The number of rotatable bonds is 3. The minimum absolute atomic E-state index is 0.221. The molecule has 1 nitrogen and oxygen atoms in total. The Kier molecular flexibility index (Phi) is 4.02. The molecule has 0 saturated heterocycles. The second kappa shape index (κ2) is 5.53. The molecule has 0 aromatic heterocycles. The first-order valence-corrected chi connectivity index (χ1v) is 6.60. The molecule has 2 aromatic rings. The summed E-state index contributed by atoms with van der Waals surface area (Å²) in [7, 11) is 0. The number of benzene rings is 2. The van der Waals surface area contributed by atoms with Crippen LogP contribution in [0.3, 0.4) is 0 Å². The second-order valence-corrected chi connectivity index (χ2v) is 5.35. The van der Waals surface area contributed by atoms with E-state index in [0.29, 0.717) is 6.54 Å². The van der Waals surface area contributed by atoms with Crippen molar-refractivity contribution in [1.82, 2.24) is 0 Å². The summed E-state index contributed by atoms with van der Waals surface area (Å²) >= 11 is 3.29. The van der Waals surface area contributed by atoms with Gasteiger partial charge in [0.05, 0.1) is 0 Å². The van der Waals surface area contributed by atoms with Crippen LogP contribution >= 0.6 is 15.9 Å². The normalized spacial score (nSPS) is 10.4. The molecule has 0 spiro atoms. The maximum Gasteiger partial charge on any atom is 0.124 e. The summed E-state index contributed by atoms with van der Waals surface area (Å²) in [6, 6.07) is 11.1. The van der Waals surface area contributed by atoms with Crippen molar-refractivity contribution >= 4 is 21.6 Å². The Morgan fingerprint density at radius 1 is 1.06 bits per heavy atom. The molecule has 94 valence electrons. The fraction of sp³-hybridized carbons (Fsp3) is 0.200. The third-order valence-electron chi connectivity index (χ3n) is 2.93. The van der Waals surface area contributed by atoms with Crippen LogP contribution in [-0.2, 0) is 6.54 Å². The fourth-order valence-electron chi connectivity index (χ4n) is 1.77. The van der Waals surface area contributed by atoms with E-state index in [1.54, 1.807) is 6.07 Å². The zero-order valence-electron chi connectivity index (χ0n) is 10.4. The number of hydrogen-bond donors (Lipinski definition) is 1. The standard InChI is InChI=1S/C15H15BrFN/c1-10-3-4-15(5-11(10)2)18-9-12-6-13(16)8-14(17)7-12/h3-8,18H,9H2,1-2H3. The van der Waals surface area contributed by atoms with E-state index in [2.05, 4.69) is 47.2 Å². The average Bonchev–Trinajstić information content (AvgIpc) is 2.29. The van der Waals surface area contributed by atoms with Gasteiger partial charge in [-0.15, -0.1) is 0 Å². The van der Waals surface area contributed by atoms with Gasteiger partial charge in [0.1, 0.15) is 5.82 Å². The third kappa shape index (κ3) is 3.33. The zero-order chi connectivity index (χ0) is 13.1. The fourth-order valence-corrected chi connectivity index (χ4v) is 2.28. The van der Waals surface area contributed by atoms with Crippen LogP contribution < -0.4 is 5.32 Å². The second-order valence-electron chi connectivity index (χ2n) is 4.43. The molecule has 0 unspecified atom stereocenters. The van der Waals surface area contributed by atoms with E-state index in [-0.39, 0.29) is 5.82 Å². The van der Waals surface area contributed by atoms with Crippen LogP contribution in [0.4, 0.5) is 10.1 Å². The number of anilines is 1. The summed E-state index contributed by atoms with van der Waals surface area (Å²) in [6.07, 6.45) is 0. The summed E-state index contributed by atoms with van der Waals surface area (Å²) in [5.41, 5.74) is 4.49. The van der Waals surface area contributed by atoms with Crippen LogP contribution in [0.2, 0.25) is 0 Å². The van der Waals surface area contributed by atoms with Crippen molar-refractivity contribution in [3.63, 3.8) is 0 Å². The van der Waals surface area contributed by atoms with Gasteiger partial charge in [0, 0.05) is 16.7 Å². The Hall–Kier alpha value is -1.35. The van der Waals surface area contributed by atoms with E-state index < -0.39 is 0 Å². The van der Waals surface area contributed by atoms with Crippen molar-refractivity contribution in [2.45, 2.75) is 20.4 Å². The van der Waals surface area contributed by atoms with Gasteiger partial charge >= 0.3 is 0 Å². The van der Waals surface area contributed by atoms with Crippen LogP contribution in [0.1, 0.15) is 16.7 Å². The Labute approximate surface area is 115 Å². The van der Waals surface area contributed by atoms with Gasteiger partial charge in [0.2, 0.25) is 0 Å². The predicted octanol–water partition coefficient (Wildman–Crippen LogP) is 4.82. The molecular weight excluding hydrogens is 293 g/mol. The van der Waals surface area contributed by atoms with Crippen molar-refractivity contribution in [2.24, 2.45) is 0 Å². The van der Waals surface area contributed by atoms with Gasteiger partial charge in [0.25, 0.3) is 0 Å². The first kappa shape index (κ1) is 13.1. The van der Waals surface area contributed by atoms with Gasteiger partial charge in [-0.25, -0.2) is 4.39 Å². The molecule has 0 aliphatic carbocycles. The van der Waals surface area contributed by atoms with Crippen LogP contribution in [0.15, 0.2) is 40.9 Å². The van der Waals surface area contributed by atoms with Crippen LogP contribution in [-0.4, -0.2) is 0 Å². The smallest absolute Gasteiger partial charge is 0.124 e. The van der Waals surface area contributed by atoms with Crippen LogP contribution in [0.25, 0.3) is 0 Å². The maximum absolute atomic E-state index is 13.2. The van der Waals surface area contributed by atoms with E-state index in [9.17, 15) is 4.39 Å². The van der Waals surface area contributed by atoms with E-state index in [1.807, 2.05) is 12.1 Å². The van der Waals surface area contributed by atoms with E-state index in [4.69, 9.17) is 0 Å². The molecule has 0 saturated carbocycles. The maximum atomic E-state index is 13.2. The zero-order valence-corrected chi connectivity index (χ0v) is 12.0. The van der Waals surface area contributed by atoms with Crippen molar-refractivity contribution in [3.05, 3.63) is 63.4 Å². The Bertz CT molecular complexity index is 546. The number of nitrogens with one attached hydrogen (secondary N) is 1. The molecule has 0 bridgehead atoms. The third-order valence-corrected chi connectivity index (χ3v) is 3.38. The van der Waals surface area contributed by atoms with Crippen LogP contribution in [0.5, 0.6) is 0 Å². The van der Waals surface area contributed by atoms with Gasteiger partial charge in [-0.2, -0.15) is 0 Å². The molecular formula is C15H15BrFN. The highest BCUT2D eigenvalue weighted by atomic mass is 79.9. The Balaban J connectivity index is 2.08. The van der Waals surface area contributed by atoms with Crippen molar-refractivity contribution in [2.75, 3.05) is 5.32 Å². The Morgan fingerprint density at radius 3 is 2.50 bits per heavy atom. The minimum atomic E-state index is -0.221. The topological polar surface area (TPSA) is 12.0 Å². The molecule has 0 radical (unpaired) electrons. The molecule has 2 rings (SSSR count). The van der Waals surface area contributed by atoms with Gasteiger partial charge in [-0.1, -0.05) is 22.0 Å². The van der Waals surface area contributed by atoms with E-state index >= 15 is 0 Å². The molecule has 0 amide bonds. The quantitative estimate of drug-likeness (QED) is 0.857. The number of aryl methyl sites for hydroxylation is 2. The molecule has 3 heteroatoms. The highest BCUT2D eigenvalue weighted by Crippen LogP contribution is 2.18. The molecule has 0 aliphatic rings. The highest BCUT2D eigenvalue weighted by molar-refractivity contribution is 9.10. The number of hydrogen-bond acceptors (Lipinski definition) is 1. The first-order valence-electron chi connectivity index (χ1n) is 5.81. The number of halogens is 2.